The van der Waals surface area contributed by atoms with E-state index in [9.17, 15) is 9.18 Å². The van der Waals surface area contributed by atoms with Gasteiger partial charge in [-0.2, -0.15) is 0 Å². The summed E-state index contributed by atoms with van der Waals surface area (Å²) in [6.07, 6.45) is 2.57. The molecule has 0 spiro atoms. The van der Waals surface area contributed by atoms with Gasteiger partial charge in [-0.15, -0.1) is 0 Å². The predicted octanol–water partition coefficient (Wildman–Crippen LogP) is 2.19. The van der Waals surface area contributed by atoms with Crippen LogP contribution in [0.1, 0.15) is 10.5 Å². The second-order valence-corrected chi connectivity index (χ2v) is 3.29. The van der Waals surface area contributed by atoms with E-state index in [1.807, 2.05) is 0 Å². The minimum Gasteiger partial charge on any atom is -0.464 e. The minimum atomic E-state index is -0.618. The lowest BCUT2D eigenvalue weighted by atomic mass is 10.3. The second-order valence-electron chi connectivity index (χ2n) is 3.29. The van der Waals surface area contributed by atoms with Gasteiger partial charge in [-0.25, -0.2) is 14.2 Å². The maximum atomic E-state index is 12.9. The van der Waals surface area contributed by atoms with Crippen LogP contribution in [0.4, 0.5) is 4.39 Å². The van der Waals surface area contributed by atoms with E-state index in [1.54, 1.807) is 6.07 Å². The fourth-order valence-corrected chi connectivity index (χ4v) is 1.25. The second kappa shape index (κ2) is 5.22. The number of hydrogen-bond acceptors (Lipinski definition) is 5. The fourth-order valence-electron chi connectivity index (χ4n) is 1.25. The number of carbonyl (C=O) groups excluding carboxylic acids is 1. The highest BCUT2D eigenvalue weighted by atomic mass is 19.1. The van der Waals surface area contributed by atoms with Gasteiger partial charge in [0.25, 0.3) is 0 Å². The van der Waals surface area contributed by atoms with E-state index in [0.717, 1.165) is 0 Å². The molecule has 18 heavy (non-hydrogen) atoms. The molecule has 0 N–H and O–H groups in total. The van der Waals surface area contributed by atoms with Crippen LogP contribution in [0.2, 0.25) is 0 Å². The maximum Gasteiger partial charge on any atom is 0.358 e. The normalized spacial score (nSPS) is 9.89. The summed E-state index contributed by atoms with van der Waals surface area (Å²) in [5.74, 6) is -0.688. The summed E-state index contributed by atoms with van der Waals surface area (Å²) in [7, 11) is 1.24. The quantitative estimate of drug-likeness (QED) is 0.779. The van der Waals surface area contributed by atoms with E-state index in [2.05, 4.69) is 14.7 Å². The van der Waals surface area contributed by atoms with Gasteiger partial charge in [0.1, 0.15) is 11.6 Å². The topological polar surface area (TPSA) is 61.3 Å². The van der Waals surface area contributed by atoms with Crippen molar-refractivity contribution in [2.24, 2.45) is 0 Å². The molecule has 1 aromatic heterocycles. The molecule has 0 saturated carbocycles. The third-order valence-corrected chi connectivity index (χ3v) is 2.03. The number of esters is 1. The van der Waals surface area contributed by atoms with Crippen molar-refractivity contribution in [3.8, 4) is 11.6 Å². The monoisotopic (exact) mass is 248 g/mol. The summed E-state index contributed by atoms with van der Waals surface area (Å²) in [5, 5.41) is 0. The smallest absolute Gasteiger partial charge is 0.358 e. The predicted molar refractivity (Wildman–Crippen MR) is 59.8 cm³/mol. The van der Waals surface area contributed by atoms with Crippen LogP contribution in [0.5, 0.6) is 11.6 Å². The number of halogens is 1. The van der Waals surface area contributed by atoms with Crippen molar-refractivity contribution < 1.29 is 18.7 Å². The zero-order valence-electron chi connectivity index (χ0n) is 9.46. The van der Waals surface area contributed by atoms with Gasteiger partial charge in [0.15, 0.2) is 5.69 Å². The highest BCUT2D eigenvalue weighted by Crippen LogP contribution is 2.19. The van der Waals surface area contributed by atoms with E-state index in [1.165, 1.54) is 37.7 Å². The van der Waals surface area contributed by atoms with E-state index in [0.29, 0.717) is 0 Å². The molecule has 1 aromatic carbocycles. The molecule has 92 valence electrons. The molecule has 0 atom stereocenters. The summed E-state index contributed by atoms with van der Waals surface area (Å²) in [6, 6.07) is 5.56. The number of benzene rings is 1. The van der Waals surface area contributed by atoms with Crippen molar-refractivity contribution in [3.05, 3.63) is 48.2 Å². The zero-order chi connectivity index (χ0) is 13.0. The van der Waals surface area contributed by atoms with Gasteiger partial charge >= 0.3 is 5.97 Å². The number of carbonyl (C=O) groups is 1. The van der Waals surface area contributed by atoms with Gasteiger partial charge in [0.2, 0.25) is 5.88 Å². The summed E-state index contributed by atoms with van der Waals surface area (Å²) in [6.45, 7) is 0. The number of ether oxygens (including phenoxy) is 2. The van der Waals surface area contributed by atoms with E-state index < -0.39 is 11.8 Å². The van der Waals surface area contributed by atoms with Gasteiger partial charge < -0.3 is 9.47 Å². The molecule has 0 aliphatic carbocycles. The average Bonchev–Trinajstić information content (AvgIpc) is 2.38. The Kier molecular flexibility index (Phi) is 3.47. The van der Waals surface area contributed by atoms with Gasteiger partial charge in [0.05, 0.1) is 19.5 Å². The Bertz CT molecular complexity index is 575. The first kappa shape index (κ1) is 12.0. The van der Waals surface area contributed by atoms with Crippen molar-refractivity contribution in [2.45, 2.75) is 0 Å². The van der Waals surface area contributed by atoms with Crippen LogP contribution in [-0.4, -0.2) is 23.0 Å². The highest BCUT2D eigenvalue weighted by molar-refractivity contribution is 5.86. The van der Waals surface area contributed by atoms with Crippen LogP contribution >= 0.6 is 0 Å². The van der Waals surface area contributed by atoms with Crippen LogP contribution in [0.25, 0.3) is 0 Å². The van der Waals surface area contributed by atoms with Crippen LogP contribution in [-0.2, 0) is 4.74 Å². The molecule has 0 fully saturated rings. The van der Waals surface area contributed by atoms with E-state index in [-0.39, 0.29) is 17.3 Å². The van der Waals surface area contributed by atoms with Gasteiger partial charge in [-0.05, 0) is 12.1 Å². The molecule has 2 aromatic rings. The first-order chi connectivity index (χ1) is 8.69. The molecule has 0 amide bonds. The van der Waals surface area contributed by atoms with Crippen molar-refractivity contribution in [1.29, 1.82) is 0 Å². The van der Waals surface area contributed by atoms with Crippen LogP contribution in [0.15, 0.2) is 36.7 Å². The van der Waals surface area contributed by atoms with Gasteiger partial charge in [-0.3, -0.25) is 4.98 Å². The van der Waals surface area contributed by atoms with Crippen molar-refractivity contribution >= 4 is 5.97 Å². The largest absolute Gasteiger partial charge is 0.464 e. The molecule has 0 unspecified atom stereocenters. The Labute approximate surface area is 102 Å². The third-order valence-electron chi connectivity index (χ3n) is 2.03. The van der Waals surface area contributed by atoms with E-state index in [4.69, 9.17) is 4.74 Å². The lowest BCUT2D eigenvalue weighted by Gasteiger charge is -2.05. The van der Waals surface area contributed by atoms with Gasteiger partial charge in [-0.1, -0.05) is 6.07 Å². The lowest BCUT2D eigenvalue weighted by Crippen LogP contribution is -2.05. The summed E-state index contributed by atoms with van der Waals surface area (Å²) < 4.78 is 22.7. The number of rotatable bonds is 3. The molecule has 0 saturated heterocycles. The van der Waals surface area contributed by atoms with Crippen LogP contribution in [0.3, 0.4) is 0 Å². The third kappa shape index (κ3) is 2.79. The number of aromatic nitrogens is 2. The molecule has 0 bridgehead atoms. The fraction of sp³-hybridized carbons (Fsp3) is 0.0833. The molecule has 2 rings (SSSR count). The Balaban J connectivity index is 2.22. The first-order valence-electron chi connectivity index (χ1n) is 5.03. The molecule has 0 aliphatic rings. The summed E-state index contributed by atoms with van der Waals surface area (Å²) in [5.41, 5.74) is 0.0198. The molecule has 0 radical (unpaired) electrons. The minimum absolute atomic E-state index is 0.0198. The van der Waals surface area contributed by atoms with E-state index >= 15 is 0 Å². The SMILES string of the molecule is COC(=O)c1cncc(Oc2cccc(F)c2)n1. The highest BCUT2D eigenvalue weighted by Gasteiger charge is 2.09. The molecule has 1 heterocycles. The number of nitrogens with zero attached hydrogens (tertiary/aromatic N) is 2. The Morgan fingerprint density at radius 2 is 2.17 bits per heavy atom. The lowest BCUT2D eigenvalue weighted by molar-refractivity contribution is 0.0592. The van der Waals surface area contributed by atoms with Crippen molar-refractivity contribution in [2.75, 3.05) is 7.11 Å². The molecule has 5 nitrogen and oxygen atoms in total. The van der Waals surface area contributed by atoms with Crippen molar-refractivity contribution in [1.82, 2.24) is 9.97 Å². The Morgan fingerprint density at radius 3 is 2.89 bits per heavy atom. The average molecular weight is 248 g/mol. The van der Waals surface area contributed by atoms with Gasteiger partial charge in [0, 0.05) is 6.07 Å². The molecular formula is C12H9FN2O3. The summed E-state index contributed by atoms with van der Waals surface area (Å²) >= 11 is 0. The molecule has 0 aliphatic heterocycles. The maximum absolute atomic E-state index is 12.9. The zero-order valence-corrected chi connectivity index (χ0v) is 9.46. The summed E-state index contributed by atoms with van der Waals surface area (Å²) in [4.78, 5) is 18.9. The molecular weight excluding hydrogens is 239 g/mol. The Hall–Kier alpha value is -2.50. The first-order valence-corrected chi connectivity index (χ1v) is 5.03. The standard InChI is InChI=1S/C12H9FN2O3/c1-17-12(16)10-6-14-7-11(15-10)18-9-4-2-3-8(13)5-9/h2-7H,1H3. The number of hydrogen-bond donors (Lipinski definition) is 0. The number of methoxy groups -OCH3 is 1. The van der Waals surface area contributed by atoms with Crippen LogP contribution < -0.4 is 4.74 Å². The van der Waals surface area contributed by atoms with Crippen LogP contribution in [0, 0.1) is 5.82 Å². The molecule has 6 heteroatoms. The Morgan fingerprint density at radius 1 is 1.33 bits per heavy atom. The van der Waals surface area contributed by atoms with Crippen molar-refractivity contribution in [3.63, 3.8) is 0 Å².